The maximum Gasteiger partial charge on any atom is 0.255 e. The zero-order chi connectivity index (χ0) is 26.8. The number of benzene rings is 2. The van der Waals surface area contributed by atoms with Gasteiger partial charge in [0.25, 0.3) is 5.91 Å². The average molecular weight is 513 g/mol. The molecule has 0 radical (unpaired) electrons. The molecule has 5 rings (SSSR count). The topological polar surface area (TPSA) is 112 Å². The fraction of sp³-hybridized carbons (Fsp3) is 0.214. The van der Waals surface area contributed by atoms with Gasteiger partial charge in [-0.05, 0) is 49.2 Å². The van der Waals surface area contributed by atoms with Crippen LogP contribution in [-0.4, -0.2) is 47.0 Å². The van der Waals surface area contributed by atoms with Gasteiger partial charge in [-0.1, -0.05) is 24.3 Å². The van der Waals surface area contributed by atoms with E-state index < -0.39 is 6.04 Å². The first kappa shape index (κ1) is 24.8. The van der Waals surface area contributed by atoms with Crippen LogP contribution in [0.5, 0.6) is 17.2 Å². The Labute approximate surface area is 220 Å². The third kappa shape index (κ3) is 4.40. The summed E-state index contributed by atoms with van der Waals surface area (Å²) in [5.74, 6) is 2.13. The van der Waals surface area contributed by atoms with Crippen LogP contribution in [-0.2, 0) is 4.79 Å². The zero-order valence-corrected chi connectivity index (χ0v) is 21.8. The Hall–Kier alpha value is -4.86. The van der Waals surface area contributed by atoms with Gasteiger partial charge in [0, 0.05) is 17.5 Å². The highest BCUT2D eigenvalue weighted by Gasteiger charge is 2.36. The van der Waals surface area contributed by atoms with Gasteiger partial charge in [0.15, 0.2) is 17.3 Å². The van der Waals surface area contributed by atoms with E-state index in [1.165, 1.54) is 0 Å². The van der Waals surface area contributed by atoms with E-state index in [0.717, 1.165) is 11.1 Å². The van der Waals surface area contributed by atoms with Crippen LogP contribution in [0.2, 0.25) is 0 Å². The molecule has 194 valence electrons. The number of carbonyl (C=O) groups excluding carboxylic acids is 1. The number of ether oxygens (including phenoxy) is 3. The number of methoxy groups -OCH3 is 3. The number of nitrogens with one attached hydrogen (secondary N) is 2. The first-order valence-electron chi connectivity index (χ1n) is 12.0. The zero-order valence-electron chi connectivity index (χ0n) is 21.8. The number of fused-ring (bicyclic) bond motifs is 1. The molecule has 0 saturated carbocycles. The highest BCUT2D eigenvalue weighted by Crippen LogP contribution is 2.44. The minimum absolute atomic E-state index is 0.305. The van der Waals surface area contributed by atoms with E-state index in [-0.39, 0.29) is 5.91 Å². The lowest BCUT2D eigenvalue weighted by Crippen LogP contribution is -2.31. The lowest BCUT2D eigenvalue weighted by molar-refractivity contribution is -0.113. The Balaban J connectivity index is 1.69. The third-order valence-electron chi connectivity index (χ3n) is 6.41. The number of pyridine rings is 1. The number of anilines is 2. The summed E-state index contributed by atoms with van der Waals surface area (Å²) >= 11 is 0. The quantitative estimate of drug-likeness (QED) is 0.369. The molecule has 2 N–H and O–H groups in total. The Bertz CT molecular complexity index is 1500. The molecular weight excluding hydrogens is 484 g/mol. The van der Waals surface area contributed by atoms with Crippen molar-refractivity contribution >= 4 is 17.5 Å². The van der Waals surface area contributed by atoms with E-state index in [0.29, 0.717) is 51.5 Å². The largest absolute Gasteiger partial charge is 0.493 e. The Morgan fingerprint density at radius 2 is 1.74 bits per heavy atom. The average Bonchev–Trinajstić information content (AvgIpc) is 3.35. The lowest BCUT2D eigenvalue weighted by Gasteiger charge is -2.29. The molecule has 38 heavy (non-hydrogen) atoms. The molecule has 1 unspecified atom stereocenters. The monoisotopic (exact) mass is 512 g/mol. The maximum absolute atomic E-state index is 13.7. The molecule has 2 aromatic heterocycles. The van der Waals surface area contributed by atoms with E-state index in [4.69, 9.17) is 24.3 Å². The minimum Gasteiger partial charge on any atom is -0.493 e. The van der Waals surface area contributed by atoms with Crippen LogP contribution < -0.4 is 24.8 Å². The SMILES string of the molecule is COc1cc(C2C(C(=O)Nc3cccnc3)=C(C)Nc3nc(-c4ccccc4C)nn32)cc(OC)c1OC. The molecule has 1 atom stereocenters. The Kier molecular flexibility index (Phi) is 6.69. The van der Waals surface area contributed by atoms with Crippen molar-refractivity contribution in [2.45, 2.75) is 19.9 Å². The molecule has 10 nitrogen and oxygen atoms in total. The molecule has 1 aliphatic heterocycles. The smallest absolute Gasteiger partial charge is 0.255 e. The number of nitrogens with zero attached hydrogens (tertiary/aromatic N) is 4. The molecule has 2 aromatic carbocycles. The van der Waals surface area contributed by atoms with Crippen LogP contribution in [0.3, 0.4) is 0 Å². The van der Waals surface area contributed by atoms with Crippen LogP contribution in [0.1, 0.15) is 24.1 Å². The van der Waals surface area contributed by atoms with Gasteiger partial charge < -0.3 is 24.8 Å². The Morgan fingerprint density at radius 1 is 1.00 bits per heavy atom. The molecule has 0 aliphatic carbocycles. The highest BCUT2D eigenvalue weighted by molar-refractivity contribution is 6.06. The van der Waals surface area contributed by atoms with Crippen LogP contribution in [0, 0.1) is 6.92 Å². The van der Waals surface area contributed by atoms with Gasteiger partial charge >= 0.3 is 0 Å². The number of aromatic nitrogens is 4. The second-order valence-electron chi connectivity index (χ2n) is 8.74. The van der Waals surface area contributed by atoms with E-state index in [2.05, 4.69) is 15.6 Å². The third-order valence-corrected chi connectivity index (χ3v) is 6.41. The fourth-order valence-corrected chi connectivity index (χ4v) is 4.59. The van der Waals surface area contributed by atoms with Gasteiger partial charge in [-0.15, -0.1) is 5.10 Å². The van der Waals surface area contributed by atoms with Gasteiger partial charge in [0.2, 0.25) is 11.7 Å². The Morgan fingerprint density at radius 3 is 2.37 bits per heavy atom. The summed E-state index contributed by atoms with van der Waals surface area (Å²) in [4.78, 5) is 22.6. The minimum atomic E-state index is -0.651. The second-order valence-corrected chi connectivity index (χ2v) is 8.74. The van der Waals surface area contributed by atoms with E-state index in [1.54, 1.807) is 50.5 Å². The predicted octanol–water partition coefficient (Wildman–Crippen LogP) is 4.60. The number of hydrogen-bond acceptors (Lipinski definition) is 8. The van der Waals surface area contributed by atoms with Gasteiger partial charge in [-0.2, -0.15) is 4.98 Å². The number of amides is 1. The molecule has 1 aliphatic rings. The second kappa shape index (κ2) is 10.3. The van der Waals surface area contributed by atoms with Gasteiger partial charge in [0.1, 0.15) is 6.04 Å². The highest BCUT2D eigenvalue weighted by atomic mass is 16.5. The molecule has 1 amide bonds. The number of rotatable bonds is 7. The first-order valence-corrected chi connectivity index (χ1v) is 12.0. The van der Waals surface area contributed by atoms with Crippen molar-refractivity contribution in [3.05, 3.63) is 83.3 Å². The normalized spacial score (nSPS) is 14.4. The fourth-order valence-electron chi connectivity index (χ4n) is 4.59. The molecule has 3 heterocycles. The number of allylic oxidation sites excluding steroid dienone is 1. The van der Waals surface area contributed by atoms with Crippen LogP contribution in [0.15, 0.2) is 72.2 Å². The summed E-state index contributed by atoms with van der Waals surface area (Å²) < 4.78 is 18.5. The molecule has 0 spiro atoms. The van der Waals surface area contributed by atoms with Crippen molar-refractivity contribution in [3.8, 4) is 28.6 Å². The van der Waals surface area contributed by atoms with Gasteiger partial charge in [0.05, 0.1) is 38.8 Å². The number of aryl methyl sites for hydroxylation is 1. The molecule has 4 aromatic rings. The summed E-state index contributed by atoms with van der Waals surface area (Å²) in [5.41, 5.74) is 4.32. The molecule has 0 fully saturated rings. The van der Waals surface area contributed by atoms with Crippen molar-refractivity contribution in [2.75, 3.05) is 32.0 Å². The molecule has 10 heteroatoms. The van der Waals surface area contributed by atoms with Crippen molar-refractivity contribution in [2.24, 2.45) is 0 Å². The molecule has 0 bridgehead atoms. The summed E-state index contributed by atoms with van der Waals surface area (Å²) in [5, 5.41) is 11.1. The van der Waals surface area contributed by atoms with Crippen LogP contribution in [0.25, 0.3) is 11.4 Å². The van der Waals surface area contributed by atoms with Gasteiger partial charge in [-0.3, -0.25) is 9.78 Å². The van der Waals surface area contributed by atoms with E-state index in [1.807, 2.05) is 50.2 Å². The van der Waals surface area contributed by atoms with Crippen molar-refractivity contribution < 1.29 is 19.0 Å². The van der Waals surface area contributed by atoms with Gasteiger partial charge in [-0.25, -0.2) is 4.68 Å². The van der Waals surface area contributed by atoms with Crippen molar-refractivity contribution in [1.82, 2.24) is 19.7 Å². The predicted molar refractivity (Wildman–Crippen MR) is 144 cm³/mol. The van der Waals surface area contributed by atoms with Crippen molar-refractivity contribution in [1.29, 1.82) is 0 Å². The standard InChI is InChI=1S/C28H28N6O4/c1-16-9-6-7-11-20(16)26-32-28-30-17(2)23(27(35)31-19-10-8-12-29-15-19)24(34(28)33-26)18-13-21(36-3)25(38-5)22(14-18)37-4/h6-15,24H,1-5H3,(H,31,35)(H,30,32,33). The van der Waals surface area contributed by atoms with E-state index in [9.17, 15) is 4.79 Å². The first-order chi connectivity index (χ1) is 18.4. The maximum atomic E-state index is 13.7. The van der Waals surface area contributed by atoms with Crippen LogP contribution in [0.4, 0.5) is 11.6 Å². The summed E-state index contributed by atoms with van der Waals surface area (Å²) in [6.07, 6.45) is 3.24. The number of hydrogen-bond donors (Lipinski definition) is 2. The molecular formula is C28H28N6O4. The van der Waals surface area contributed by atoms with E-state index >= 15 is 0 Å². The summed E-state index contributed by atoms with van der Waals surface area (Å²) in [6, 6.07) is 14.4. The number of carbonyl (C=O) groups is 1. The molecule has 0 saturated heterocycles. The summed E-state index contributed by atoms with van der Waals surface area (Å²) in [7, 11) is 4.65. The summed E-state index contributed by atoms with van der Waals surface area (Å²) in [6.45, 7) is 3.85. The van der Waals surface area contributed by atoms with Crippen molar-refractivity contribution in [3.63, 3.8) is 0 Å². The lowest BCUT2D eigenvalue weighted by atomic mass is 9.94. The van der Waals surface area contributed by atoms with Crippen LogP contribution >= 0.6 is 0 Å².